The van der Waals surface area contributed by atoms with Gasteiger partial charge < -0.3 is 15.4 Å². The predicted octanol–water partition coefficient (Wildman–Crippen LogP) is 2.10. The summed E-state index contributed by atoms with van der Waals surface area (Å²) in [6.45, 7) is 5.40. The molecule has 1 aliphatic rings. The van der Waals surface area contributed by atoms with Crippen LogP contribution in [-0.2, 0) is 4.79 Å². The van der Waals surface area contributed by atoms with Crippen molar-refractivity contribution in [2.75, 3.05) is 13.1 Å². The number of para-hydroxylation sites is 1. The highest BCUT2D eigenvalue weighted by molar-refractivity contribution is 5.81. The second-order valence-corrected chi connectivity index (χ2v) is 5.47. The number of rotatable bonds is 4. The lowest BCUT2D eigenvalue weighted by molar-refractivity contribution is -0.140. The second kappa shape index (κ2) is 6.75. The zero-order valence-electron chi connectivity index (χ0n) is 12.3. The molecule has 0 spiro atoms. The van der Waals surface area contributed by atoms with Crippen molar-refractivity contribution in [2.24, 2.45) is 5.73 Å². The number of carbonyl (C=O) groups is 1. The van der Waals surface area contributed by atoms with E-state index in [9.17, 15) is 4.79 Å². The number of hydrogen-bond acceptors (Lipinski definition) is 3. The molecule has 0 bridgehead atoms. The Balaban J connectivity index is 2.04. The van der Waals surface area contributed by atoms with Gasteiger partial charge in [-0.15, -0.1) is 0 Å². The molecule has 1 fully saturated rings. The summed E-state index contributed by atoms with van der Waals surface area (Å²) in [5, 5.41) is 0. The summed E-state index contributed by atoms with van der Waals surface area (Å²) < 4.78 is 5.91. The molecule has 1 amide bonds. The summed E-state index contributed by atoms with van der Waals surface area (Å²) >= 11 is 0. The van der Waals surface area contributed by atoms with Crippen molar-refractivity contribution in [3.63, 3.8) is 0 Å². The molecule has 1 heterocycles. The molecule has 1 saturated heterocycles. The number of ether oxygens (including phenoxy) is 1. The van der Waals surface area contributed by atoms with Crippen LogP contribution in [0.15, 0.2) is 24.3 Å². The van der Waals surface area contributed by atoms with Crippen LogP contribution in [0.25, 0.3) is 0 Å². The van der Waals surface area contributed by atoms with E-state index in [1.807, 2.05) is 43.0 Å². The number of likely N-dealkylation sites (tertiary alicyclic amines) is 1. The smallest absolute Gasteiger partial charge is 0.263 e. The van der Waals surface area contributed by atoms with Gasteiger partial charge in [-0.1, -0.05) is 25.1 Å². The molecule has 1 aromatic carbocycles. The maximum absolute atomic E-state index is 12.5. The number of piperidine rings is 1. The van der Waals surface area contributed by atoms with E-state index in [0.717, 1.165) is 30.7 Å². The van der Waals surface area contributed by atoms with Crippen molar-refractivity contribution >= 4 is 5.91 Å². The number of nitrogens with two attached hydrogens (primary N) is 1. The van der Waals surface area contributed by atoms with Crippen molar-refractivity contribution in [1.82, 2.24) is 4.90 Å². The summed E-state index contributed by atoms with van der Waals surface area (Å²) in [5.41, 5.74) is 7.00. The van der Waals surface area contributed by atoms with E-state index >= 15 is 0 Å². The van der Waals surface area contributed by atoms with Crippen molar-refractivity contribution < 1.29 is 9.53 Å². The van der Waals surface area contributed by atoms with Gasteiger partial charge in [0.2, 0.25) is 0 Å². The van der Waals surface area contributed by atoms with Crippen LogP contribution in [0.4, 0.5) is 0 Å². The lowest BCUT2D eigenvalue weighted by atomic mass is 10.1. The minimum absolute atomic E-state index is 0.0610. The maximum atomic E-state index is 12.5. The van der Waals surface area contributed by atoms with Gasteiger partial charge in [-0.2, -0.15) is 0 Å². The van der Waals surface area contributed by atoms with Crippen LogP contribution in [0.5, 0.6) is 5.75 Å². The van der Waals surface area contributed by atoms with Crippen molar-refractivity contribution in [1.29, 1.82) is 0 Å². The average molecular weight is 276 g/mol. The number of aryl methyl sites for hydroxylation is 1. The van der Waals surface area contributed by atoms with Crippen LogP contribution in [0.2, 0.25) is 0 Å². The van der Waals surface area contributed by atoms with E-state index in [1.54, 1.807) is 0 Å². The third kappa shape index (κ3) is 3.51. The van der Waals surface area contributed by atoms with Gasteiger partial charge in [-0.05, 0) is 37.8 Å². The molecule has 0 unspecified atom stereocenters. The van der Waals surface area contributed by atoms with Crippen LogP contribution >= 0.6 is 0 Å². The van der Waals surface area contributed by atoms with E-state index in [-0.39, 0.29) is 11.9 Å². The number of hydrogen-bond donors (Lipinski definition) is 1. The number of benzene rings is 1. The zero-order valence-corrected chi connectivity index (χ0v) is 12.3. The third-order valence-corrected chi connectivity index (χ3v) is 3.78. The van der Waals surface area contributed by atoms with Gasteiger partial charge in [-0.3, -0.25) is 4.79 Å². The molecule has 1 aliphatic heterocycles. The Morgan fingerprint density at radius 1 is 1.50 bits per heavy atom. The molecule has 0 aliphatic carbocycles. The topological polar surface area (TPSA) is 55.6 Å². The molecule has 4 heteroatoms. The molecule has 110 valence electrons. The summed E-state index contributed by atoms with van der Waals surface area (Å²) in [4.78, 5) is 14.4. The van der Waals surface area contributed by atoms with Gasteiger partial charge in [0.05, 0.1) is 0 Å². The standard InChI is InChI=1S/C16H24N2O2/c1-3-14(20-15-9-5-4-7-12(15)2)16(19)18-10-6-8-13(17)11-18/h4-5,7,9,13-14H,3,6,8,10-11,17H2,1-2H3/t13-,14-/m1/s1. The molecule has 4 nitrogen and oxygen atoms in total. The first-order valence-electron chi connectivity index (χ1n) is 7.38. The largest absolute Gasteiger partial charge is 0.480 e. The van der Waals surface area contributed by atoms with E-state index in [2.05, 4.69) is 0 Å². The normalized spacial score (nSPS) is 20.6. The van der Waals surface area contributed by atoms with Crippen molar-refractivity contribution in [2.45, 2.75) is 45.3 Å². The Hall–Kier alpha value is -1.55. The van der Waals surface area contributed by atoms with E-state index in [0.29, 0.717) is 13.0 Å². The Morgan fingerprint density at radius 3 is 2.90 bits per heavy atom. The first-order valence-corrected chi connectivity index (χ1v) is 7.38. The summed E-state index contributed by atoms with van der Waals surface area (Å²) in [7, 11) is 0. The van der Waals surface area contributed by atoms with Gasteiger partial charge in [-0.25, -0.2) is 0 Å². The first kappa shape index (κ1) is 14.9. The Bertz CT molecular complexity index is 462. The van der Waals surface area contributed by atoms with E-state index in [4.69, 9.17) is 10.5 Å². The SMILES string of the molecule is CC[C@@H](Oc1ccccc1C)C(=O)N1CCC[C@@H](N)C1. The van der Waals surface area contributed by atoms with Gasteiger partial charge in [0.15, 0.2) is 6.10 Å². The molecular formula is C16H24N2O2. The molecule has 0 radical (unpaired) electrons. The Kier molecular flexibility index (Phi) is 5.01. The molecule has 0 saturated carbocycles. The zero-order chi connectivity index (χ0) is 14.5. The lowest BCUT2D eigenvalue weighted by Crippen LogP contribution is -2.50. The number of nitrogens with zero attached hydrogens (tertiary/aromatic N) is 1. The summed E-state index contributed by atoms with van der Waals surface area (Å²) in [5.74, 6) is 0.847. The Labute approximate surface area is 120 Å². The monoisotopic (exact) mass is 276 g/mol. The predicted molar refractivity (Wildman–Crippen MR) is 79.7 cm³/mol. The lowest BCUT2D eigenvalue weighted by Gasteiger charge is -2.33. The van der Waals surface area contributed by atoms with E-state index < -0.39 is 6.10 Å². The molecule has 2 rings (SSSR count). The number of carbonyl (C=O) groups excluding carboxylic acids is 1. The minimum Gasteiger partial charge on any atom is -0.480 e. The van der Waals surface area contributed by atoms with E-state index in [1.165, 1.54) is 0 Å². The maximum Gasteiger partial charge on any atom is 0.263 e. The summed E-state index contributed by atoms with van der Waals surface area (Å²) in [6.07, 6.45) is 2.23. The third-order valence-electron chi connectivity index (χ3n) is 3.78. The molecule has 0 aromatic heterocycles. The van der Waals surface area contributed by atoms with Crippen LogP contribution < -0.4 is 10.5 Å². The quantitative estimate of drug-likeness (QED) is 0.916. The van der Waals surface area contributed by atoms with Crippen molar-refractivity contribution in [3.8, 4) is 5.75 Å². The van der Waals surface area contributed by atoms with Gasteiger partial charge >= 0.3 is 0 Å². The first-order chi connectivity index (χ1) is 9.61. The highest BCUT2D eigenvalue weighted by atomic mass is 16.5. The highest BCUT2D eigenvalue weighted by Crippen LogP contribution is 2.20. The molecule has 20 heavy (non-hydrogen) atoms. The fourth-order valence-corrected chi connectivity index (χ4v) is 2.56. The molecule has 1 aromatic rings. The minimum atomic E-state index is -0.415. The average Bonchev–Trinajstić information content (AvgIpc) is 2.46. The fraction of sp³-hybridized carbons (Fsp3) is 0.562. The molecule has 2 N–H and O–H groups in total. The van der Waals surface area contributed by atoms with Gasteiger partial charge in [0, 0.05) is 19.1 Å². The number of amides is 1. The highest BCUT2D eigenvalue weighted by Gasteiger charge is 2.28. The summed E-state index contributed by atoms with van der Waals surface area (Å²) in [6, 6.07) is 7.89. The Morgan fingerprint density at radius 2 is 2.25 bits per heavy atom. The fourth-order valence-electron chi connectivity index (χ4n) is 2.56. The van der Waals surface area contributed by atoms with Crippen LogP contribution in [-0.4, -0.2) is 36.0 Å². The molecule has 2 atom stereocenters. The van der Waals surface area contributed by atoms with Gasteiger partial charge in [0.1, 0.15) is 5.75 Å². The van der Waals surface area contributed by atoms with Gasteiger partial charge in [0.25, 0.3) is 5.91 Å². The second-order valence-electron chi connectivity index (χ2n) is 5.47. The molecular weight excluding hydrogens is 252 g/mol. The van der Waals surface area contributed by atoms with Crippen LogP contribution in [0, 0.1) is 6.92 Å². The van der Waals surface area contributed by atoms with Crippen LogP contribution in [0.1, 0.15) is 31.7 Å². The van der Waals surface area contributed by atoms with Crippen LogP contribution in [0.3, 0.4) is 0 Å². The van der Waals surface area contributed by atoms with Crippen molar-refractivity contribution in [3.05, 3.63) is 29.8 Å².